The predicted octanol–water partition coefficient (Wildman–Crippen LogP) is 3.99. The number of rotatable bonds is 7. The Morgan fingerprint density at radius 2 is 2.04 bits per heavy atom. The molecule has 0 saturated carbocycles. The molecule has 0 saturated heterocycles. The van der Waals surface area contributed by atoms with Gasteiger partial charge in [0, 0.05) is 22.7 Å². The minimum atomic E-state index is -0.237. The van der Waals surface area contributed by atoms with Gasteiger partial charge in [0.15, 0.2) is 11.6 Å². The van der Waals surface area contributed by atoms with Gasteiger partial charge in [-0.05, 0) is 51.2 Å². The Hall–Kier alpha value is -1.72. The quantitative estimate of drug-likeness (QED) is 0.780. The first-order valence-corrected chi connectivity index (χ1v) is 8.75. The van der Waals surface area contributed by atoms with Crippen molar-refractivity contribution in [3.63, 3.8) is 0 Å². The van der Waals surface area contributed by atoms with Crippen molar-refractivity contribution in [1.29, 1.82) is 0 Å². The number of Topliss-reactive ketones (excluding diaryl/α,β-unsaturated/α-hetero) is 2. The van der Waals surface area contributed by atoms with E-state index in [9.17, 15) is 9.59 Å². The number of hydrogen-bond donors (Lipinski definition) is 1. The van der Waals surface area contributed by atoms with E-state index in [1.165, 1.54) is 11.8 Å². The third kappa shape index (κ3) is 3.62. The molecule has 0 aliphatic rings. The average molecular weight is 332 g/mol. The maximum absolute atomic E-state index is 12.9. The predicted molar refractivity (Wildman–Crippen MR) is 94.5 cm³/mol. The van der Waals surface area contributed by atoms with Crippen molar-refractivity contribution in [3.05, 3.63) is 44.9 Å². The number of nitrogens with zero attached hydrogens (tertiary/aromatic N) is 1. The normalized spacial score (nSPS) is 12.6. The molecule has 2 aromatic heterocycles. The van der Waals surface area contributed by atoms with Crippen LogP contribution >= 0.6 is 11.3 Å². The molecule has 0 amide bonds. The number of aromatic amines is 1. The lowest BCUT2D eigenvalue weighted by atomic mass is 10.0. The van der Waals surface area contributed by atoms with Crippen LogP contribution in [-0.4, -0.2) is 34.0 Å². The van der Waals surface area contributed by atoms with Crippen LogP contribution in [0.25, 0.3) is 0 Å². The Labute approximate surface area is 141 Å². The lowest BCUT2D eigenvalue weighted by Gasteiger charge is -2.26. The number of thiophene rings is 1. The van der Waals surface area contributed by atoms with Crippen molar-refractivity contribution in [2.45, 2.75) is 47.2 Å². The van der Waals surface area contributed by atoms with Gasteiger partial charge in [-0.1, -0.05) is 13.0 Å². The van der Waals surface area contributed by atoms with Gasteiger partial charge in [-0.15, -0.1) is 11.3 Å². The SMILES string of the molecule is CCN(Cc1cccs1)[C@@H](C)C(=O)c1[nH]c(C)c(C(C)=O)c1C. The van der Waals surface area contributed by atoms with Gasteiger partial charge in [-0.25, -0.2) is 0 Å². The molecule has 2 aromatic rings. The molecule has 0 spiro atoms. The molecule has 0 bridgehead atoms. The molecule has 0 fully saturated rings. The van der Waals surface area contributed by atoms with E-state index in [1.54, 1.807) is 11.3 Å². The van der Waals surface area contributed by atoms with Gasteiger partial charge in [-0.3, -0.25) is 14.5 Å². The van der Waals surface area contributed by atoms with E-state index in [0.29, 0.717) is 11.3 Å². The van der Waals surface area contributed by atoms with Crippen molar-refractivity contribution in [2.24, 2.45) is 0 Å². The van der Waals surface area contributed by atoms with Crippen LogP contribution in [0.15, 0.2) is 17.5 Å². The molecule has 0 radical (unpaired) electrons. The first-order chi connectivity index (χ1) is 10.9. The Kier molecular flexibility index (Phi) is 5.55. The van der Waals surface area contributed by atoms with Gasteiger partial charge in [0.25, 0.3) is 0 Å². The largest absolute Gasteiger partial charge is 0.355 e. The van der Waals surface area contributed by atoms with Gasteiger partial charge in [-0.2, -0.15) is 0 Å². The number of aromatic nitrogens is 1. The molecule has 124 valence electrons. The summed E-state index contributed by atoms with van der Waals surface area (Å²) >= 11 is 1.70. The number of aryl methyl sites for hydroxylation is 1. The standard InChI is InChI=1S/C18H24N2O2S/c1-6-20(10-15-8-7-9-23-15)13(4)18(22)17-11(2)16(14(5)21)12(3)19-17/h7-9,13,19H,6,10H2,1-5H3/t13-/m0/s1. The lowest BCUT2D eigenvalue weighted by molar-refractivity contribution is 0.0831. The highest BCUT2D eigenvalue weighted by atomic mass is 32.1. The Morgan fingerprint density at radius 3 is 2.52 bits per heavy atom. The summed E-state index contributed by atoms with van der Waals surface area (Å²) in [4.78, 5) is 31.2. The van der Waals surface area contributed by atoms with E-state index in [2.05, 4.69) is 22.9 Å². The summed E-state index contributed by atoms with van der Waals surface area (Å²) in [5.41, 5.74) is 2.73. The zero-order chi connectivity index (χ0) is 17.1. The molecule has 2 rings (SSSR count). The second-order valence-corrected chi connectivity index (χ2v) is 6.90. The number of carbonyl (C=O) groups excluding carboxylic acids is 2. The Morgan fingerprint density at radius 1 is 1.35 bits per heavy atom. The van der Waals surface area contributed by atoms with Crippen molar-refractivity contribution in [1.82, 2.24) is 9.88 Å². The second-order valence-electron chi connectivity index (χ2n) is 5.86. The van der Waals surface area contributed by atoms with Crippen LogP contribution in [0.5, 0.6) is 0 Å². The number of nitrogens with one attached hydrogen (secondary N) is 1. The number of H-pyrrole nitrogens is 1. The summed E-state index contributed by atoms with van der Waals surface area (Å²) in [5, 5.41) is 2.05. The van der Waals surface area contributed by atoms with Gasteiger partial charge >= 0.3 is 0 Å². The molecule has 0 unspecified atom stereocenters. The average Bonchev–Trinajstić information content (AvgIpc) is 3.11. The smallest absolute Gasteiger partial charge is 0.196 e. The van der Waals surface area contributed by atoms with E-state index in [-0.39, 0.29) is 17.6 Å². The summed E-state index contributed by atoms with van der Waals surface area (Å²) in [6.07, 6.45) is 0. The van der Waals surface area contributed by atoms with Crippen LogP contribution in [-0.2, 0) is 6.54 Å². The van der Waals surface area contributed by atoms with Gasteiger partial charge in [0.1, 0.15) is 0 Å². The zero-order valence-electron chi connectivity index (χ0n) is 14.4. The van der Waals surface area contributed by atoms with E-state index in [4.69, 9.17) is 0 Å². The van der Waals surface area contributed by atoms with Crippen LogP contribution in [0.2, 0.25) is 0 Å². The second kappa shape index (κ2) is 7.23. The Balaban J connectivity index is 2.24. The molecule has 0 aliphatic heterocycles. The topological polar surface area (TPSA) is 53.2 Å². The summed E-state index contributed by atoms with van der Waals surface area (Å²) in [6.45, 7) is 10.8. The van der Waals surface area contributed by atoms with Crippen LogP contribution in [0.3, 0.4) is 0 Å². The highest BCUT2D eigenvalue weighted by Gasteiger charge is 2.27. The minimum absolute atomic E-state index is 0.00566. The molecule has 4 nitrogen and oxygen atoms in total. The minimum Gasteiger partial charge on any atom is -0.355 e. The third-order valence-electron chi connectivity index (χ3n) is 4.31. The number of likely N-dealkylation sites (N-methyl/N-ethyl adjacent to an activating group) is 1. The number of ketones is 2. The van der Waals surface area contributed by atoms with E-state index >= 15 is 0 Å². The molecule has 1 N–H and O–H groups in total. The lowest BCUT2D eigenvalue weighted by Crippen LogP contribution is -2.38. The number of hydrogen-bond acceptors (Lipinski definition) is 4. The Bertz CT molecular complexity index is 701. The summed E-state index contributed by atoms with van der Waals surface area (Å²) in [6, 6.07) is 3.87. The summed E-state index contributed by atoms with van der Waals surface area (Å²) < 4.78 is 0. The number of carbonyl (C=O) groups is 2. The van der Waals surface area contributed by atoms with Gasteiger partial charge < -0.3 is 4.98 Å². The summed E-state index contributed by atoms with van der Waals surface area (Å²) in [5.74, 6) is 0.0328. The summed E-state index contributed by atoms with van der Waals surface area (Å²) in [7, 11) is 0. The molecular formula is C18H24N2O2S. The van der Waals surface area contributed by atoms with Crippen molar-refractivity contribution >= 4 is 22.9 Å². The van der Waals surface area contributed by atoms with Crippen LogP contribution in [0.1, 0.15) is 57.8 Å². The van der Waals surface area contributed by atoms with Crippen molar-refractivity contribution in [2.75, 3.05) is 6.54 Å². The highest BCUT2D eigenvalue weighted by molar-refractivity contribution is 7.09. The fourth-order valence-electron chi connectivity index (χ4n) is 3.02. The third-order valence-corrected chi connectivity index (χ3v) is 5.17. The zero-order valence-corrected chi connectivity index (χ0v) is 15.2. The first kappa shape index (κ1) is 17.6. The maximum Gasteiger partial charge on any atom is 0.196 e. The highest BCUT2D eigenvalue weighted by Crippen LogP contribution is 2.22. The molecule has 2 heterocycles. The monoisotopic (exact) mass is 332 g/mol. The molecule has 1 atom stereocenters. The fourth-order valence-corrected chi connectivity index (χ4v) is 3.75. The first-order valence-electron chi connectivity index (χ1n) is 7.87. The molecule has 5 heteroatoms. The van der Waals surface area contributed by atoms with Gasteiger partial charge in [0.05, 0.1) is 11.7 Å². The van der Waals surface area contributed by atoms with E-state index in [0.717, 1.165) is 24.3 Å². The fraction of sp³-hybridized carbons (Fsp3) is 0.444. The van der Waals surface area contributed by atoms with E-state index < -0.39 is 0 Å². The van der Waals surface area contributed by atoms with E-state index in [1.807, 2.05) is 32.2 Å². The molecule has 23 heavy (non-hydrogen) atoms. The van der Waals surface area contributed by atoms with Crippen molar-refractivity contribution in [3.8, 4) is 0 Å². The van der Waals surface area contributed by atoms with Crippen molar-refractivity contribution < 1.29 is 9.59 Å². The van der Waals surface area contributed by atoms with Crippen LogP contribution < -0.4 is 0 Å². The maximum atomic E-state index is 12.9. The molecule has 0 aromatic carbocycles. The molecule has 0 aliphatic carbocycles. The molecular weight excluding hydrogens is 308 g/mol. The van der Waals surface area contributed by atoms with Crippen LogP contribution in [0.4, 0.5) is 0 Å². The van der Waals surface area contributed by atoms with Gasteiger partial charge in [0.2, 0.25) is 0 Å². The van der Waals surface area contributed by atoms with Crippen LogP contribution in [0, 0.1) is 13.8 Å².